The normalized spacial score (nSPS) is 13.0. The predicted molar refractivity (Wildman–Crippen MR) is 54.0 cm³/mol. The van der Waals surface area contributed by atoms with Gasteiger partial charge in [0.25, 0.3) is 0 Å². The third-order valence-corrected chi connectivity index (χ3v) is 1.63. The molecule has 0 heterocycles. The van der Waals surface area contributed by atoms with Crippen molar-refractivity contribution in [1.29, 1.82) is 0 Å². The number of aliphatic hydroxyl groups is 1. The molecule has 0 aliphatic heterocycles. The molecule has 0 aliphatic rings. The molecular formula is C10H14N2O. The maximum Gasteiger partial charge on any atom is 0.131 e. The van der Waals surface area contributed by atoms with Crippen LogP contribution in [-0.2, 0) is 0 Å². The van der Waals surface area contributed by atoms with Crippen LogP contribution in [-0.4, -0.2) is 16.5 Å². The van der Waals surface area contributed by atoms with E-state index >= 15 is 0 Å². The molecule has 0 saturated heterocycles. The molecule has 3 heteroatoms. The highest BCUT2D eigenvalue weighted by molar-refractivity contribution is 5.90. The molecule has 0 bridgehead atoms. The minimum absolute atomic E-state index is 0.221. The van der Waals surface area contributed by atoms with Crippen molar-refractivity contribution >= 4 is 11.5 Å². The van der Waals surface area contributed by atoms with E-state index in [1.54, 1.807) is 13.8 Å². The van der Waals surface area contributed by atoms with E-state index in [1.807, 2.05) is 30.3 Å². The average Bonchev–Trinajstić information content (AvgIpc) is 2.04. The second-order valence-electron chi connectivity index (χ2n) is 3.39. The number of nitrogens with two attached hydrogens (primary N) is 1. The lowest BCUT2D eigenvalue weighted by molar-refractivity contribution is 0.152. The van der Waals surface area contributed by atoms with Crippen molar-refractivity contribution in [2.75, 3.05) is 0 Å². The second kappa shape index (κ2) is 3.58. The molecule has 0 atom stereocenters. The first kappa shape index (κ1) is 9.74. The highest BCUT2D eigenvalue weighted by Gasteiger charge is 2.17. The molecule has 0 amide bonds. The topological polar surface area (TPSA) is 58.6 Å². The van der Waals surface area contributed by atoms with Crippen molar-refractivity contribution in [2.24, 2.45) is 10.7 Å². The van der Waals surface area contributed by atoms with Gasteiger partial charge in [-0.1, -0.05) is 18.2 Å². The zero-order valence-electron chi connectivity index (χ0n) is 7.86. The van der Waals surface area contributed by atoms with Crippen LogP contribution in [0.2, 0.25) is 0 Å². The SMILES string of the molecule is CC(C)(O)C(N)=Nc1ccccc1. The second-order valence-corrected chi connectivity index (χ2v) is 3.39. The maximum atomic E-state index is 9.49. The number of amidine groups is 1. The third-order valence-electron chi connectivity index (χ3n) is 1.63. The van der Waals surface area contributed by atoms with E-state index < -0.39 is 5.60 Å². The Labute approximate surface area is 77.9 Å². The minimum Gasteiger partial charge on any atom is -0.385 e. The van der Waals surface area contributed by atoms with E-state index in [2.05, 4.69) is 4.99 Å². The van der Waals surface area contributed by atoms with Gasteiger partial charge in [-0.3, -0.25) is 0 Å². The summed E-state index contributed by atoms with van der Waals surface area (Å²) in [5.41, 5.74) is 5.28. The first-order valence-electron chi connectivity index (χ1n) is 4.12. The van der Waals surface area contributed by atoms with Crippen LogP contribution in [0.5, 0.6) is 0 Å². The summed E-state index contributed by atoms with van der Waals surface area (Å²) in [5, 5.41) is 9.49. The standard InChI is InChI=1S/C10H14N2O/c1-10(2,13)9(11)12-8-6-4-3-5-7-8/h3-7,13H,1-2H3,(H2,11,12). The average molecular weight is 178 g/mol. The summed E-state index contributed by atoms with van der Waals surface area (Å²) in [7, 11) is 0. The Kier molecular flexibility index (Phi) is 2.68. The quantitative estimate of drug-likeness (QED) is 0.532. The van der Waals surface area contributed by atoms with E-state index in [0.29, 0.717) is 0 Å². The maximum absolute atomic E-state index is 9.49. The van der Waals surface area contributed by atoms with Gasteiger partial charge in [-0.25, -0.2) is 4.99 Å². The monoisotopic (exact) mass is 178 g/mol. The molecule has 13 heavy (non-hydrogen) atoms. The van der Waals surface area contributed by atoms with Crippen molar-refractivity contribution in [3.05, 3.63) is 30.3 Å². The number of hydrogen-bond acceptors (Lipinski definition) is 2. The van der Waals surface area contributed by atoms with Crippen molar-refractivity contribution in [1.82, 2.24) is 0 Å². The molecule has 0 aromatic heterocycles. The lowest BCUT2D eigenvalue weighted by Gasteiger charge is -2.15. The number of rotatable bonds is 2. The van der Waals surface area contributed by atoms with Gasteiger partial charge in [0.2, 0.25) is 0 Å². The molecule has 3 nitrogen and oxygen atoms in total. The van der Waals surface area contributed by atoms with Gasteiger partial charge in [-0.2, -0.15) is 0 Å². The van der Waals surface area contributed by atoms with Crippen LogP contribution in [0.15, 0.2) is 35.3 Å². The Bertz CT molecular complexity index is 298. The molecule has 0 spiro atoms. The van der Waals surface area contributed by atoms with E-state index in [9.17, 15) is 5.11 Å². The fourth-order valence-electron chi connectivity index (χ4n) is 0.778. The molecule has 3 N–H and O–H groups in total. The van der Waals surface area contributed by atoms with E-state index in [-0.39, 0.29) is 5.84 Å². The van der Waals surface area contributed by atoms with Gasteiger partial charge in [-0.05, 0) is 26.0 Å². The molecule has 0 saturated carbocycles. The van der Waals surface area contributed by atoms with Gasteiger partial charge in [-0.15, -0.1) is 0 Å². The van der Waals surface area contributed by atoms with Crippen molar-refractivity contribution in [2.45, 2.75) is 19.4 Å². The summed E-state index contributed by atoms with van der Waals surface area (Å²) in [4.78, 5) is 4.07. The van der Waals surface area contributed by atoms with Gasteiger partial charge < -0.3 is 10.8 Å². The molecule has 0 aliphatic carbocycles. The fourth-order valence-corrected chi connectivity index (χ4v) is 0.778. The zero-order chi connectivity index (χ0) is 9.90. The number of benzene rings is 1. The smallest absolute Gasteiger partial charge is 0.131 e. The van der Waals surface area contributed by atoms with Gasteiger partial charge in [0.15, 0.2) is 0 Å². The van der Waals surface area contributed by atoms with Crippen LogP contribution >= 0.6 is 0 Å². The van der Waals surface area contributed by atoms with Crippen LogP contribution in [0.4, 0.5) is 5.69 Å². The van der Waals surface area contributed by atoms with Gasteiger partial charge in [0.1, 0.15) is 11.4 Å². The summed E-state index contributed by atoms with van der Waals surface area (Å²) in [6.45, 7) is 3.21. The Hall–Kier alpha value is -1.35. The highest BCUT2D eigenvalue weighted by Crippen LogP contribution is 2.12. The summed E-state index contributed by atoms with van der Waals surface area (Å²) in [5.74, 6) is 0.221. The molecule has 1 rings (SSSR count). The van der Waals surface area contributed by atoms with Crippen LogP contribution in [0, 0.1) is 0 Å². The molecule has 70 valence electrons. The summed E-state index contributed by atoms with van der Waals surface area (Å²) >= 11 is 0. The molecule has 0 fully saturated rings. The van der Waals surface area contributed by atoms with E-state index in [4.69, 9.17) is 5.73 Å². The van der Waals surface area contributed by atoms with E-state index in [0.717, 1.165) is 5.69 Å². The first-order valence-corrected chi connectivity index (χ1v) is 4.12. The Morgan fingerprint density at radius 3 is 2.31 bits per heavy atom. The number of hydrogen-bond donors (Lipinski definition) is 2. The van der Waals surface area contributed by atoms with Gasteiger partial charge in [0.05, 0.1) is 5.69 Å². The Balaban J connectivity index is 2.90. The molecular weight excluding hydrogens is 164 g/mol. The highest BCUT2D eigenvalue weighted by atomic mass is 16.3. The Morgan fingerprint density at radius 1 is 1.31 bits per heavy atom. The zero-order valence-corrected chi connectivity index (χ0v) is 7.86. The predicted octanol–water partition coefficient (Wildman–Crippen LogP) is 1.45. The van der Waals surface area contributed by atoms with Crippen LogP contribution < -0.4 is 5.73 Å². The number of para-hydroxylation sites is 1. The van der Waals surface area contributed by atoms with Crippen LogP contribution in [0.1, 0.15) is 13.8 Å². The fraction of sp³-hybridized carbons (Fsp3) is 0.300. The van der Waals surface area contributed by atoms with Crippen molar-refractivity contribution in [3.63, 3.8) is 0 Å². The summed E-state index contributed by atoms with van der Waals surface area (Å²) in [6, 6.07) is 9.31. The number of nitrogens with zero attached hydrogens (tertiary/aromatic N) is 1. The van der Waals surface area contributed by atoms with Crippen molar-refractivity contribution < 1.29 is 5.11 Å². The molecule has 0 radical (unpaired) electrons. The Morgan fingerprint density at radius 2 is 1.85 bits per heavy atom. The molecule has 0 unspecified atom stereocenters. The lowest BCUT2D eigenvalue weighted by atomic mass is 10.1. The largest absolute Gasteiger partial charge is 0.385 e. The molecule has 1 aromatic rings. The number of aliphatic imine (C=N–C) groups is 1. The lowest BCUT2D eigenvalue weighted by Crippen LogP contribution is -2.37. The van der Waals surface area contributed by atoms with Crippen LogP contribution in [0.25, 0.3) is 0 Å². The minimum atomic E-state index is -1.06. The molecule has 1 aromatic carbocycles. The van der Waals surface area contributed by atoms with Crippen molar-refractivity contribution in [3.8, 4) is 0 Å². The summed E-state index contributed by atoms with van der Waals surface area (Å²) < 4.78 is 0. The van der Waals surface area contributed by atoms with Crippen LogP contribution in [0.3, 0.4) is 0 Å². The van der Waals surface area contributed by atoms with Gasteiger partial charge in [0, 0.05) is 0 Å². The van der Waals surface area contributed by atoms with Gasteiger partial charge >= 0.3 is 0 Å². The van der Waals surface area contributed by atoms with E-state index in [1.165, 1.54) is 0 Å². The first-order chi connectivity index (χ1) is 6.00. The summed E-state index contributed by atoms with van der Waals surface area (Å²) in [6.07, 6.45) is 0. The third kappa shape index (κ3) is 2.87.